The van der Waals surface area contributed by atoms with Gasteiger partial charge in [0.2, 0.25) is 0 Å². The summed E-state index contributed by atoms with van der Waals surface area (Å²) < 4.78 is 0. The molecule has 88 heavy (non-hydrogen) atoms. The van der Waals surface area contributed by atoms with Crippen LogP contribution in [0.5, 0.6) is 0 Å². The topological polar surface area (TPSA) is 546 Å². The zero-order valence-electron chi connectivity index (χ0n) is 58.1. The van der Waals surface area contributed by atoms with E-state index in [0.29, 0.717) is 45.9 Å². The molecule has 0 heterocycles. The van der Waals surface area contributed by atoms with Crippen molar-refractivity contribution in [1.29, 1.82) is 0 Å². The number of hydrogen-bond acceptors (Lipinski definition) is 26. The minimum Gasteiger partial charge on any atom is -0.396 e. The molecule has 26 nitrogen and oxygen atoms in total. The summed E-state index contributed by atoms with van der Waals surface area (Å²) in [5.41, 5.74) is 97.1. The Hall–Kier alpha value is -1.04. The molecule has 0 aromatic rings. The normalized spacial score (nSPS) is 15.8. The molecule has 0 unspecified atom stereocenters. The van der Waals surface area contributed by atoms with Crippen molar-refractivity contribution in [3.63, 3.8) is 0 Å². The van der Waals surface area contributed by atoms with E-state index in [1.54, 1.807) is 0 Å². The highest BCUT2D eigenvalue weighted by Crippen LogP contribution is 2.15. The van der Waals surface area contributed by atoms with Crippen LogP contribution >= 0.6 is 0 Å². The summed E-state index contributed by atoms with van der Waals surface area (Å²) in [6, 6.07) is 1.12. The number of aliphatic hydroxyl groups is 1. The maximum atomic E-state index is 8.25. The smallest absolute Gasteiger partial charge is 0.0431 e. The summed E-state index contributed by atoms with van der Waals surface area (Å²) in [7, 11) is 2.01. The van der Waals surface area contributed by atoms with Crippen molar-refractivity contribution in [3.8, 4) is 0 Å². The Labute approximate surface area is 543 Å². The van der Waals surface area contributed by atoms with Crippen LogP contribution in [-0.2, 0) is 0 Å². The van der Waals surface area contributed by atoms with Gasteiger partial charge >= 0.3 is 0 Å². The van der Waals surface area contributed by atoms with Crippen LogP contribution in [0.3, 0.4) is 0 Å². The molecule has 2 aliphatic carbocycles. The molecule has 0 radical (unpaired) electrons. The second-order valence-electron chi connectivity index (χ2n) is 22.6. The van der Waals surface area contributed by atoms with Crippen molar-refractivity contribution >= 4 is 0 Å². The number of hydrogen-bond donors (Lipinski definition) is 23. The Morgan fingerprint density at radius 1 is 0.284 bits per heavy atom. The summed E-state index contributed by atoms with van der Waals surface area (Å²) in [6.45, 7) is 28.1. The molecular weight excluding hydrogens is 1110 g/mol. The summed E-state index contributed by atoms with van der Waals surface area (Å²) >= 11 is 0. The summed E-state index contributed by atoms with van der Waals surface area (Å²) in [4.78, 5) is 6.67. The first-order chi connectivity index (χ1) is 42.8. The highest BCUT2D eigenvalue weighted by atomic mass is 16.3. The molecule has 2 aliphatic rings. The van der Waals surface area contributed by atoms with Gasteiger partial charge in [-0.3, -0.25) is 4.90 Å². The molecule has 0 spiro atoms. The van der Waals surface area contributed by atoms with E-state index in [2.05, 4.69) is 42.9 Å². The van der Waals surface area contributed by atoms with Crippen LogP contribution in [0, 0.1) is 0 Å². The van der Waals surface area contributed by atoms with Gasteiger partial charge in [0.25, 0.3) is 0 Å². The van der Waals surface area contributed by atoms with Gasteiger partial charge in [0.1, 0.15) is 0 Å². The lowest BCUT2D eigenvalue weighted by atomic mass is 9.92. The standard InChI is InChI=1S/C16H37N3.C9H24N4.C6H18N4.2C6H14N2.2C5H15N3.C5H13NO.C4H13N3/c1-2-3-4-5-6-7-8-9-10-11-14-19(15-12-17)16-13-18;10-4-8-12-6-2-1-3-7-13-9-5-11;7-1-4-10(5-2-8)6-3-9;2*7-5-3-1-2-4-6(5)8;1-8(4-2-6)5-3-7;6-2-1-4-8-5-3-7;6-4-2-1-3-5-7;5-1-3-7-4-2-6/h2-18H2,1H3;12-13H,1-11H2;1-9H2;2*5-6H,1-4,7-8H2;2-7H2,1H3;8H,1-7H2;2*7H,1-6H2/t;;;5-,6+;5-,6-;;;;/m....1..../s1. The first-order valence-electron chi connectivity index (χ1n) is 35.2. The highest BCUT2D eigenvalue weighted by molar-refractivity contribution is 4.80. The first-order valence-corrected chi connectivity index (χ1v) is 35.2. The molecule has 4 atom stereocenters. The lowest BCUT2D eigenvalue weighted by Gasteiger charge is -2.24. The van der Waals surface area contributed by atoms with E-state index in [1.165, 1.54) is 116 Å². The van der Waals surface area contributed by atoms with Crippen molar-refractivity contribution in [3.05, 3.63) is 0 Å². The zero-order valence-corrected chi connectivity index (χ0v) is 58.1. The molecule has 41 N–H and O–H groups in total. The molecule has 0 aromatic carbocycles. The molecular formula is C62H163N25O. The molecule has 2 saturated carbocycles. The average Bonchev–Trinajstić information content (AvgIpc) is 3.63. The van der Waals surface area contributed by atoms with Gasteiger partial charge in [-0.1, -0.05) is 96.8 Å². The van der Waals surface area contributed by atoms with Crippen LogP contribution in [0.25, 0.3) is 0 Å². The number of nitrogens with zero attached hydrogens (tertiary/aromatic N) is 3. The van der Waals surface area contributed by atoms with Crippen molar-refractivity contribution in [2.75, 3.05) is 210 Å². The second-order valence-corrected chi connectivity index (χ2v) is 22.6. The zero-order chi connectivity index (χ0) is 67.5. The fourth-order valence-electron chi connectivity index (χ4n) is 8.68. The van der Waals surface area contributed by atoms with E-state index in [9.17, 15) is 0 Å². The predicted molar refractivity (Wildman–Crippen MR) is 389 cm³/mol. The Kier molecular flexibility index (Phi) is 111. The minimum absolute atomic E-state index is 0.281. The number of nitrogens with one attached hydrogen (secondary N) is 4. The molecule has 0 aliphatic heterocycles. The fraction of sp³-hybridized carbons (Fsp3) is 1.00. The summed E-state index contributed by atoms with van der Waals surface area (Å²) in [5.74, 6) is 0. The van der Waals surface area contributed by atoms with E-state index in [0.717, 1.165) is 202 Å². The van der Waals surface area contributed by atoms with Gasteiger partial charge in [0.05, 0.1) is 0 Å². The van der Waals surface area contributed by atoms with Crippen molar-refractivity contribution in [2.45, 2.75) is 192 Å². The molecule has 0 bridgehead atoms. The van der Waals surface area contributed by atoms with E-state index in [1.807, 2.05) is 7.05 Å². The van der Waals surface area contributed by atoms with Crippen LogP contribution in [0.1, 0.15) is 167 Å². The maximum Gasteiger partial charge on any atom is 0.0431 e. The molecule has 2 rings (SSSR count). The van der Waals surface area contributed by atoms with Gasteiger partial charge < -0.3 is 139 Å². The third-order valence-electron chi connectivity index (χ3n) is 14.1. The molecule has 0 amide bonds. The van der Waals surface area contributed by atoms with Crippen LogP contribution in [0.15, 0.2) is 0 Å². The third kappa shape index (κ3) is 101. The van der Waals surface area contributed by atoms with E-state index >= 15 is 0 Å². The van der Waals surface area contributed by atoms with Gasteiger partial charge in [0.15, 0.2) is 0 Å². The van der Waals surface area contributed by atoms with Gasteiger partial charge in [-0.05, 0) is 117 Å². The Bertz CT molecular complexity index is 1010. The molecule has 26 heteroatoms. The predicted octanol–water partition coefficient (Wildman–Crippen LogP) is -2.71. The molecule has 0 saturated heterocycles. The van der Waals surface area contributed by atoms with Crippen LogP contribution in [-0.4, -0.2) is 254 Å². The van der Waals surface area contributed by atoms with Crippen molar-refractivity contribution < 1.29 is 5.11 Å². The van der Waals surface area contributed by atoms with E-state index in [4.69, 9.17) is 108 Å². The monoisotopic (exact) mass is 1270 g/mol. The van der Waals surface area contributed by atoms with E-state index in [-0.39, 0.29) is 24.2 Å². The Balaban J connectivity index is -0.000000172. The van der Waals surface area contributed by atoms with Crippen molar-refractivity contribution in [1.82, 2.24) is 36.0 Å². The lowest BCUT2D eigenvalue weighted by Crippen LogP contribution is -2.43. The first kappa shape index (κ1) is 101. The highest BCUT2D eigenvalue weighted by Gasteiger charge is 2.17. The largest absolute Gasteiger partial charge is 0.396 e. The third-order valence-corrected chi connectivity index (χ3v) is 14.1. The summed E-state index contributed by atoms with van der Waals surface area (Å²) in [6.07, 6.45) is 31.4. The number of unbranched alkanes of at least 4 members (excludes halogenated alkanes) is 13. The van der Waals surface area contributed by atoms with E-state index < -0.39 is 0 Å². The molecule has 0 aromatic heterocycles. The summed E-state index contributed by atoms with van der Waals surface area (Å²) in [5, 5.41) is 21.0. The Morgan fingerprint density at radius 2 is 0.545 bits per heavy atom. The number of aliphatic hydroxyl groups excluding tert-OH is 1. The Morgan fingerprint density at radius 3 is 0.818 bits per heavy atom. The SMILES string of the molecule is CCCCCCCCCCCCN(CCN)CCN.CN(CCN)CCN.NCCCCCO.NCCCNCCN.NCCN(CCN)CCN.NCCNCCCCCNCCN.NCCNCCN.N[C@@H]1CCCC[C@@H]1N.N[C@@H]1CCCC[C@H]1N. The van der Waals surface area contributed by atoms with Crippen LogP contribution in [0.4, 0.5) is 0 Å². The number of nitrogens with two attached hydrogens (primary N) is 18. The van der Waals surface area contributed by atoms with Crippen LogP contribution in [0.2, 0.25) is 0 Å². The minimum atomic E-state index is 0.281. The second kappa shape index (κ2) is 97.0. The van der Waals surface area contributed by atoms with Crippen molar-refractivity contribution in [2.24, 2.45) is 103 Å². The van der Waals surface area contributed by atoms with Gasteiger partial charge in [-0.25, -0.2) is 0 Å². The number of rotatable bonds is 48. The van der Waals surface area contributed by atoms with Gasteiger partial charge in [0, 0.05) is 188 Å². The number of likely N-dealkylation sites (N-methyl/N-ethyl adjacent to an activating group) is 1. The molecule has 2 fully saturated rings. The maximum absolute atomic E-state index is 8.25. The van der Waals surface area contributed by atoms with Crippen LogP contribution < -0.4 is 124 Å². The fourth-order valence-corrected chi connectivity index (χ4v) is 8.68. The molecule has 542 valence electrons. The average molecular weight is 1280 g/mol. The lowest BCUT2D eigenvalue weighted by molar-refractivity contribution is 0.281. The van der Waals surface area contributed by atoms with Gasteiger partial charge in [-0.15, -0.1) is 0 Å². The van der Waals surface area contributed by atoms with Gasteiger partial charge in [-0.2, -0.15) is 0 Å². The quantitative estimate of drug-likeness (QED) is 0.0276.